The van der Waals surface area contributed by atoms with Gasteiger partial charge in [0.05, 0.1) is 39.6 Å². The first-order valence-electron chi connectivity index (χ1n) is 18.4. The molecule has 0 bridgehead atoms. The number of hydrogen-bond donors (Lipinski definition) is 5. The lowest BCUT2D eigenvalue weighted by molar-refractivity contribution is -0.142. The summed E-state index contributed by atoms with van der Waals surface area (Å²) in [7, 11) is 0. The predicted molar refractivity (Wildman–Crippen MR) is 188 cm³/mol. The highest BCUT2D eigenvalue weighted by Gasteiger charge is 2.20. The summed E-state index contributed by atoms with van der Waals surface area (Å²) >= 11 is 0. The van der Waals surface area contributed by atoms with Crippen molar-refractivity contribution in [2.45, 2.75) is 122 Å². The number of rotatable bonds is 38. The summed E-state index contributed by atoms with van der Waals surface area (Å²) in [6.07, 6.45) is 15.5. The number of carbonyl (C=O) groups excluding carboxylic acids is 4. The molecule has 0 aromatic rings. The minimum Gasteiger partial charge on any atom is -0.481 e. The number of carboxylic acid groups (broad SMARTS) is 2. The number of amides is 4. The molecule has 1 radical (unpaired) electrons. The third kappa shape index (κ3) is 36.3. The zero-order valence-electron chi connectivity index (χ0n) is 30.4. The highest BCUT2D eigenvalue weighted by Crippen LogP contribution is 2.14. The fourth-order valence-electron chi connectivity index (χ4n) is 4.92. The van der Waals surface area contributed by atoms with E-state index < -0.39 is 23.9 Å². The normalized spacial score (nSPS) is 11.5. The van der Waals surface area contributed by atoms with Gasteiger partial charge in [-0.2, -0.15) is 0 Å². The van der Waals surface area contributed by atoms with Crippen molar-refractivity contribution in [2.75, 3.05) is 65.9 Å². The van der Waals surface area contributed by atoms with Crippen LogP contribution in [0.25, 0.3) is 0 Å². The van der Waals surface area contributed by atoms with Crippen LogP contribution in [-0.4, -0.2) is 118 Å². The second kappa shape index (κ2) is 35.1. The number of ether oxygens (including phenoxy) is 4. The second-order valence-electron chi connectivity index (χ2n) is 12.3. The van der Waals surface area contributed by atoms with Gasteiger partial charge < -0.3 is 45.1 Å². The van der Waals surface area contributed by atoms with Crippen LogP contribution in [0.2, 0.25) is 0 Å². The molecular formula is C35H63N4O12. The van der Waals surface area contributed by atoms with Gasteiger partial charge in [-0.3, -0.25) is 29.7 Å². The zero-order chi connectivity index (χ0) is 37.8. The van der Waals surface area contributed by atoms with E-state index in [9.17, 15) is 33.9 Å². The molecule has 0 spiro atoms. The standard InChI is InChI=1S/C35H63N4O12/c36-30(40)27-50-25-23-49-22-20-38-33(43)28-51-26-24-48-21-19-37-31(41)18-17-29(35(46)47)39-32(42)15-13-11-9-7-5-3-1-2-4-6-8-10-12-14-16-34(44)45/h29,36H,1-28H2,(H,37,41)(H,38,43)(H,39,42)(H,44,45)(H,46,47)/t29-/m0/s1. The van der Waals surface area contributed by atoms with Crippen LogP contribution in [0.1, 0.15) is 116 Å². The number of carboxylic acids is 2. The number of aliphatic carboxylic acids is 2. The largest absolute Gasteiger partial charge is 0.481 e. The van der Waals surface area contributed by atoms with Crippen LogP contribution < -0.4 is 21.7 Å². The van der Waals surface area contributed by atoms with Gasteiger partial charge in [0.2, 0.25) is 17.7 Å². The SMILES string of the molecule is [NH]C(=O)COCCOCCNC(=O)COCCOCCNC(=O)CC[C@H](NC(=O)CCCCCCCCCCCCCCCCC(=O)O)C(=O)O. The lowest BCUT2D eigenvalue weighted by Crippen LogP contribution is -2.41. The first-order chi connectivity index (χ1) is 24.6. The summed E-state index contributed by atoms with van der Waals surface area (Å²) in [5, 5.41) is 25.9. The third-order valence-corrected chi connectivity index (χ3v) is 7.69. The fourth-order valence-corrected chi connectivity index (χ4v) is 4.92. The average molecular weight is 732 g/mol. The number of nitrogens with one attached hydrogen (secondary N) is 4. The van der Waals surface area contributed by atoms with Crippen molar-refractivity contribution < 1.29 is 57.9 Å². The van der Waals surface area contributed by atoms with Gasteiger partial charge in [-0.15, -0.1) is 0 Å². The van der Waals surface area contributed by atoms with Crippen LogP contribution in [0.5, 0.6) is 0 Å². The molecule has 0 rings (SSSR count). The Labute approximate surface area is 302 Å². The summed E-state index contributed by atoms with van der Waals surface area (Å²) in [4.78, 5) is 68.6. The van der Waals surface area contributed by atoms with E-state index in [1.807, 2.05) is 0 Å². The molecule has 0 aliphatic rings. The molecule has 0 unspecified atom stereocenters. The van der Waals surface area contributed by atoms with Crippen molar-refractivity contribution in [2.24, 2.45) is 0 Å². The Hall–Kier alpha value is -3.34. The van der Waals surface area contributed by atoms with Crippen LogP contribution in [0.4, 0.5) is 0 Å². The predicted octanol–water partition coefficient (Wildman–Crippen LogP) is 2.77. The van der Waals surface area contributed by atoms with E-state index in [0.717, 1.165) is 38.5 Å². The Kier molecular flexibility index (Phi) is 32.8. The van der Waals surface area contributed by atoms with Crippen LogP contribution in [-0.2, 0) is 47.7 Å². The average Bonchev–Trinajstić information content (AvgIpc) is 3.08. The highest BCUT2D eigenvalue weighted by atomic mass is 16.5. The molecule has 0 aromatic heterocycles. The summed E-state index contributed by atoms with van der Waals surface area (Å²) in [6, 6.07) is -1.13. The molecule has 51 heavy (non-hydrogen) atoms. The van der Waals surface area contributed by atoms with Gasteiger partial charge in [0.25, 0.3) is 5.91 Å². The van der Waals surface area contributed by atoms with Crippen molar-refractivity contribution in [1.82, 2.24) is 21.7 Å². The maximum atomic E-state index is 12.3. The van der Waals surface area contributed by atoms with Gasteiger partial charge in [0.1, 0.15) is 19.3 Å². The maximum Gasteiger partial charge on any atom is 0.326 e. The molecule has 0 saturated carbocycles. The molecule has 0 fully saturated rings. The van der Waals surface area contributed by atoms with Gasteiger partial charge in [-0.1, -0.05) is 77.0 Å². The molecule has 16 nitrogen and oxygen atoms in total. The molecule has 1 atom stereocenters. The monoisotopic (exact) mass is 731 g/mol. The lowest BCUT2D eigenvalue weighted by atomic mass is 10.0. The smallest absolute Gasteiger partial charge is 0.326 e. The van der Waals surface area contributed by atoms with Gasteiger partial charge >= 0.3 is 11.9 Å². The third-order valence-electron chi connectivity index (χ3n) is 7.69. The van der Waals surface area contributed by atoms with Crippen LogP contribution in [0.3, 0.4) is 0 Å². The topological polar surface area (TPSA) is 240 Å². The zero-order valence-corrected chi connectivity index (χ0v) is 30.4. The van der Waals surface area contributed by atoms with E-state index in [0.29, 0.717) is 6.42 Å². The van der Waals surface area contributed by atoms with E-state index in [4.69, 9.17) is 29.8 Å². The van der Waals surface area contributed by atoms with E-state index in [1.54, 1.807) is 0 Å². The van der Waals surface area contributed by atoms with E-state index >= 15 is 0 Å². The molecule has 0 aliphatic carbocycles. The molecular weight excluding hydrogens is 668 g/mol. The minimum absolute atomic E-state index is 0.0219. The van der Waals surface area contributed by atoms with Crippen LogP contribution in [0, 0.1) is 0 Å². The molecule has 0 aromatic carbocycles. The molecule has 0 aliphatic heterocycles. The molecule has 16 heteroatoms. The van der Waals surface area contributed by atoms with Gasteiger partial charge in [0.15, 0.2) is 0 Å². The van der Waals surface area contributed by atoms with Gasteiger partial charge in [-0.25, -0.2) is 4.79 Å². The highest BCUT2D eigenvalue weighted by molar-refractivity contribution is 5.84. The van der Waals surface area contributed by atoms with E-state index in [-0.39, 0.29) is 109 Å². The fraction of sp³-hybridized carbons (Fsp3) is 0.829. The number of unbranched alkanes of at least 4 members (excludes halogenated alkanes) is 13. The molecule has 0 saturated heterocycles. The van der Waals surface area contributed by atoms with Crippen LogP contribution >= 0.6 is 0 Å². The quantitative estimate of drug-likeness (QED) is 0.0576. The maximum absolute atomic E-state index is 12.3. The van der Waals surface area contributed by atoms with Crippen molar-refractivity contribution in [3.8, 4) is 0 Å². The molecule has 4 amide bonds. The summed E-state index contributed by atoms with van der Waals surface area (Å²) < 4.78 is 20.7. The van der Waals surface area contributed by atoms with Crippen molar-refractivity contribution >= 4 is 35.6 Å². The van der Waals surface area contributed by atoms with Crippen LogP contribution in [0.15, 0.2) is 0 Å². The molecule has 6 N–H and O–H groups in total. The Morgan fingerprint density at radius 2 is 0.922 bits per heavy atom. The van der Waals surface area contributed by atoms with Gasteiger partial charge in [-0.05, 0) is 19.3 Å². The summed E-state index contributed by atoms with van der Waals surface area (Å²) in [5.41, 5.74) is 6.69. The minimum atomic E-state index is -1.18. The number of carbonyl (C=O) groups is 6. The Morgan fingerprint density at radius 1 is 0.490 bits per heavy atom. The Morgan fingerprint density at radius 3 is 1.39 bits per heavy atom. The van der Waals surface area contributed by atoms with Gasteiger partial charge in [0, 0.05) is 32.4 Å². The van der Waals surface area contributed by atoms with Crippen molar-refractivity contribution in [3.05, 3.63) is 0 Å². The summed E-state index contributed by atoms with van der Waals surface area (Å²) in [6.45, 7) is 1.34. The lowest BCUT2D eigenvalue weighted by Gasteiger charge is -2.14. The Balaban J connectivity index is 3.66. The van der Waals surface area contributed by atoms with E-state index in [2.05, 4.69) is 16.0 Å². The molecule has 295 valence electrons. The second-order valence-corrected chi connectivity index (χ2v) is 12.3. The first-order valence-corrected chi connectivity index (χ1v) is 18.4. The Bertz CT molecular complexity index is 954. The van der Waals surface area contributed by atoms with Crippen molar-refractivity contribution in [1.29, 1.82) is 0 Å². The number of hydrogen-bond acceptors (Lipinski definition) is 10. The first kappa shape index (κ1) is 47.7. The van der Waals surface area contributed by atoms with Crippen molar-refractivity contribution in [3.63, 3.8) is 0 Å². The van der Waals surface area contributed by atoms with E-state index in [1.165, 1.54) is 44.9 Å². The molecule has 0 heterocycles. The summed E-state index contributed by atoms with van der Waals surface area (Å²) in [5.74, 6) is -3.70.